The van der Waals surface area contributed by atoms with Gasteiger partial charge < -0.3 is 45.2 Å². The number of hydrogen-bond acceptors (Lipinski definition) is 10. The third-order valence-corrected chi connectivity index (χ3v) is 15.5. The molecule has 10 heteroatoms. The first-order valence-electron chi connectivity index (χ1n) is 17.5. The molecule has 0 amide bonds. The molecule has 0 aromatic carbocycles. The first-order valence-corrected chi connectivity index (χ1v) is 17.5. The van der Waals surface area contributed by atoms with E-state index in [1.807, 2.05) is 13.8 Å². The molecule has 7 N–H and O–H groups in total. The molecular formula is C36H58O10. The van der Waals surface area contributed by atoms with Gasteiger partial charge in [0.1, 0.15) is 24.4 Å². The second-order valence-electron chi connectivity index (χ2n) is 17.7. The molecule has 0 radical (unpaired) electrons. The van der Waals surface area contributed by atoms with Crippen molar-refractivity contribution in [2.24, 2.45) is 50.7 Å². The van der Waals surface area contributed by atoms with E-state index in [0.29, 0.717) is 32.1 Å². The molecule has 5 fully saturated rings. The maximum absolute atomic E-state index is 14.5. The Kier molecular flexibility index (Phi) is 8.27. The first-order chi connectivity index (χ1) is 21.2. The highest BCUT2D eigenvalue weighted by molar-refractivity contribution is 5.79. The number of esters is 1. The van der Waals surface area contributed by atoms with E-state index >= 15 is 0 Å². The fourth-order valence-electron chi connectivity index (χ4n) is 12.4. The zero-order valence-electron chi connectivity index (χ0n) is 28.6. The average Bonchev–Trinajstić information content (AvgIpc) is 2.98. The minimum Gasteiger partial charge on any atom is -0.432 e. The Hall–Kier alpha value is -1.11. The summed E-state index contributed by atoms with van der Waals surface area (Å²) in [6.07, 6.45) is -1.65. The molecular weight excluding hydrogens is 592 g/mol. The van der Waals surface area contributed by atoms with Crippen LogP contribution in [0.1, 0.15) is 99.8 Å². The highest BCUT2D eigenvalue weighted by atomic mass is 16.7. The predicted octanol–water partition coefficient (Wildman–Crippen LogP) is 2.43. The Morgan fingerprint density at radius 3 is 2.24 bits per heavy atom. The third-order valence-electron chi connectivity index (χ3n) is 15.5. The summed E-state index contributed by atoms with van der Waals surface area (Å²) in [4.78, 5) is 14.5. The fourth-order valence-corrected chi connectivity index (χ4v) is 12.4. The van der Waals surface area contributed by atoms with Gasteiger partial charge >= 0.3 is 5.97 Å². The van der Waals surface area contributed by atoms with Gasteiger partial charge in [0, 0.05) is 5.92 Å². The Morgan fingerprint density at radius 2 is 1.59 bits per heavy atom. The maximum atomic E-state index is 14.5. The molecule has 0 aromatic rings. The molecule has 0 spiro atoms. The van der Waals surface area contributed by atoms with E-state index in [0.717, 1.165) is 24.8 Å². The molecule has 1 heterocycles. The SMILES string of the molecule is C[C@@H]1CC[C@]2(C(=O)O[C@@H]3O[C@H](CO)[C@@H](O)[C@H](O)[C@H]3O)CC[C@]3(C)C(=CCC4[C@@]5(C)C[C@@H](O)[C@@H](O)C(C)(C)C5CC[C@]43C)C2[C@]1(C)O. The largest absolute Gasteiger partial charge is 0.432 e. The molecule has 16 atom stereocenters. The number of allylic oxidation sites excluding steroid dienone is 1. The van der Waals surface area contributed by atoms with Crippen molar-refractivity contribution >= 4 is 5.97 Å². The number of carbonyl (C=O) groups excluding carboxylic acids is 1. The van der Waals surface area contributed by atoms with Crippen molar-refractivity contribution in [3.63, 3.8) is 0 Å². The topological polar surface area (TPSA) is 177 Å². The zero-order chi connectivity index (χ0) is 34.0. The molecule has 46 heavy (non-hydrogen) atoms. The second-order valence-corrected chi connectivity index (χ2v) is 17.7. The minimum absolute atomic E-state index is 0.0940. The van der Waals surface area contributed by atoms with Crippen molar-refractivity contribution in [3.8, 4) is 0 Å². The van der Waals surface area contributed by atoms with Gasteiger partial charge in [-0.25, -0.2) is 0 Å². The van der Waals surface area contributed by atoms with E-state index in [1.54, 1.807) is 0 Å². The van der Waals surface area contributed by atoms with Crippen LogP contribution in [0.2, 0.25) is 0 Å². The van der Waals surface area contributed by atoms with Crippen LogP contribution >= 0.6 is 0 Å². The number of carbonyl (C=O) groups is 1. The van der Waals surface area contributed by atoms with Crippen molar-refractivity contribution < 1.29 is 50.0 Å². The molecule has 0 aromatic heterocycles. The summed E-state index contributed by atoms with van der Waals surface area (Å²) in [5, 5.41) is 75.6. The molecule has 6 aliphatic rings. The molecule has 1 aliphatic heterocycles. The van der Waals surface area contributed by atoms with Gasteiger partial charge in [-0.1, -0.05) is 53.2 Å². The molecule has 3 unspecified atom stereocenters. The predicted molar refractivity (Wildman–Crippen MR) is 168 cm³/mol. The number of hydrogen-bond donors (Lipinski definition) is 7. The summed E-state index contributed by atoms with van der Waals surface area (Å²) >= 11 is 0. The van der Waals surface area contributed by atoms with Gasteiger partial charge in [-0.15, -0.1) is 0 Å². The van der Waals surface area contributed by atoms with Crippen molar-refractivity contribution in [2.75, 3.05) is 6.61 Å². The standard InChI is InChI=1S/C36H58O10/c1-18-10-13-36(30(43)46-29-26(41)25(40)24(39)21(17-37)45-29)15-14-33(5)19(27(36)35(18,7)44)8-9-23-32(4)16-20(38)28(42)31(2,3)22(32)11-12-34(23,33)6/h8,18,20-29,37-42,44H,9-17H2,1-7H3/t18-,20-,21-,22?,23?,24-,25+,26-,27?,28-,29+,32+,33-,34-,35-,36+/m1/s1. The van der Waals surface area contributed by atoms with Gasteiger partial charge in [0.15, 0.2) is 0 Å². The summed E-state index contributed by atoms with van der Waals surface area (Å²) in [6, 6.07) is 0. The molecule has 10 nitrogen and oxygen atoms in total. The van der Waals surface area contributed by atoms with E-state index in [4.69, 9.17) is 9.47 Å². The van der Waals surface area contributed by atoms with Crippen LogP contribution in [0.25, 0.3) is 0 Å². The monoisotopic (exact) mass is 650 g/mol. The minimum atomic E-state index is -1.70. The molecule has 262 valence electrons. The van der Waals surface area contributed by atoms with Crippen LogP contribution in [0.15, 0.2) is 11.6 Å². The summed E-state index contributed by atoms with van der Waals surface area (Å²) in [6.45, 7) is 14.4. The first kappa shape index (κ1) is 34.7. The Balaban J connectivity index is 1.39. The molecule has 0 bridgehead atoms. The average molecular weight is 651 g/mol. The smallest absolute Gasteiger partial charge is 0.315 e. The van der Waals surface area contributed by atoms with Crippen molar-refractivity contribution in [1.29, 1.82) is 0 Å². The van der Waals surface area contributed by atoms with Crippen LogP contribution in [0, 0.1) is 50.7 Å². The number of aliphatic hydroxyl groups is 7. The van der Waals surface area contributed by atoms with Crippen LogP contribution in [-0.4, -0.2) is 96.8 Å². The lowest BCUT2D eigenvalue weighted by Gasteiger charge is -2.72. The van der Waals surface area contributed by atoms with Crippen LogP contribution in [0.5, 0.6) is 0 Å². The van der Waals surface area contributed by atoms with Crippen LogP contribution in [0.4, 0.5) is 0 Å². The summed E-state index contributed by atoms with van der Waals surface area (Å²) < 4.78 is 11.5. The lowest BCUT2D eigenvalue weighted by molar-refractivity contribution is -0.299. The summed E-state index contributed by atoms with van der Waals surface area (Å²) in [7, 11) is 0. The lowest BCUT2D eigenvalue weighted by Crippen LogP contribution is -2.69. The van der Waals surface area contributed by atoms with Gasteiger partial charge in [-0.2, -0.15) is 0 Å². The second kappa shape index (κ2) is 10.9. The lowest BCUT2D eigenvalue weighted by atomic mass is 9.33. The van der Waals surface area contributed by atoms with Gasteiger partial charge in [-0.3, -0.25) is 4.79 Å². The highest BCUT2D eigenvalue weighted by Crippen LogP contribution is 2.76. The van der Waals surface area contributed by atoms with Crippen LogP contribution in [0.3, 0.4) is 0 Å². The Labute approximate surface area is 273 Å². The summed E-state index contributed by atoms with van der Waals surface area (Å²) in [5.74, 6) is -0.787. The van der Waals surface area contributed by atoms with E-state index in [1.165, 1.54) is 0 Å². The van der Waals surface area contributed by atoms with Crippen molar-refractivity contribution in [1.82, 2.24) is 0 Å². The molecule has 4 saturated carbocycles. The molecule has 1 saturated heterocycles. The van der Waals surface area contributed by atoms with E-state index in [-0.39, 0.29) is 34.0 Å². The zero-order valence-corrected chi connectivity index (χ0v) is 28.6. The normalized spacial score (nSPS) is 56.4. The highest BCUT2D eigenvalue weighted by Gasteiger charge is 2.72. The Morgan fingerprint density at radius 1 is 0.913 bits per heavy atom. The van der Waals surface area contributed by atoms with Crippen molar-refractivity contribution in [2.45, 2.75) is 148 Å². The van der Waals surface area contributed by atoms with Gasteiger partial charge in [0.2, 0.25) is 6.29 Å². The van der Waals surface area contributed by atoms with Crippen LogP contribution in [-0.2, 0) is 14.3 Å². The number of fused-ring (bicyclic) bond motifs is 7. The van der Waals surface area contributed by atoms with Crippen molar-refractivity contribution in [3.05, 3.63) is 11.6 Å². The third kappa shape index (κ3) is 4.39. The van der Waals surface area contributed by atoms with Gasteiger partial charge in [-0.05, 0) is 97.7 Å². The van der Waals surface area contributed by atoms with E-state index in [2.05, 4.69) is 40.7 Å². The van der Waals surface area contributed by atoms with Gasteiger partial charge in [0.25, 0.3) is 0 Å². The van der Waals surface area contributed by atoms with Gasteiger partial charge in [0.05, 0.1) is 29.8 Å². The number of ether oxygens (including phenoxy) is 2. The quantitative estimate of drug-likeness (QED) is 0.177. The molecule has 6 rings (SSSR count). The van der Waals surface area contributed by atoms with Crippen LogP contribution < -0.4 is 0 Å². The number of aliphatic hydroxyl groups excluding tert-OH is 6. The molecule has 5 aliphatic carbocycles. The van der Waals surface area contributed by atoms with E-state index < -0.39 is 77.8 Å². The maximum Gasteiger partial charge on any atom is 0.315 e. The number of rotatable bonds is 3. The Bertz CT molecular complexity index is 1250. The van der Waals surface area contributed by atoms with E-state index in [9.17, 15) is 40.5 Å². The summed E-state index contributed by atoms with van der Waals surface area (Å²) in [5.41, 5.74) is -2.44. The fraction of sp³-hybridized carbons (Fsp3) is 0.917.